The maximum atomic E-state index is 12.3. The molecule has 0 unspecified atom stereocenters. The minimum Gasteiger partial charge on any atom is -0.490 e. The lowest BCUT2D eigenvalue weighted by atomic mass is 10.1. The normalized spacial score (nSPS) is 10.3. The van der Waals surface area contributed by atoms with Gasteiger partial charge < -0.3 is 14.8 Å². The molecule has 0 bridgehead atoms. The average Bonchev–Trinajstić information content (AvgIpc) is 2.66. The predicted octanol–water partition coefficient (Wildman–Crippen LogP) is 3.64. The monoisotopic (exact) mass is 346 g/mol. The van der Waals surface area contributed by atoms with Crippen molar-refractivity contribution in [1.82, 2.24) is 0 Å². The standard InChI is InChI=1S/C21H18N2O3/c1-3-12-26-19-11-10-16(14-20(19)25-4-2)13-17(15-22)21(24)23-18-8-6-5-7-9-18/h1,5-11,13-14H,4,12H2,2H3,(H,23,24)/b17-13-. The minimum atomic E-state index is -0.482. The van der Waals surface area contributed by atoms with Gasteiger partial charge in [-0.15, -0.1) is 6.42 Å². The molecule has 130 valence electrons. The summed E-state index contributed by atoms with van der Waals surface area (Å²) in [7, 11) is 0. The van der Waals surface area contributed by atoms with Crippen LogP contribution in [0.5, 0.6) is 11.5 Å². The number of hydrogen-bond acceptors (Lipinski definition) is 4. The lowest BCUT2D eigenvalue weighted by molar-refractivity contribution is -0.112. The summed E-state index contributed by atoms with van der Waals surface area (Å²) in [6.45, 7) is 2.42. The first-order chi connectivity index (χ1) is 12.7. The SMILES string of the molecule is C#CCOc1ccc(/C=C(/C#N)C(=O)Nc2ccccc2)cc1OCC. The number of amides is 1. The zero-order valence-corrected chi connectivity index (χ0v) is 14.4. The molecule has 0 saturated heterocycles. The molecule has 1 amide bonds. The van der Waals surface area contributed by atoms with Crippen molar-refractivity contribution in [2.45, 2.75) is 6.92 Å². The van der Waals surface area contributed by atoms with Crippen molar-refractivity contribution < 1.29 is 14.3 Å². The molecule has 5 nitrogen and oxygen atoms in total. The molecule has 0 aliphatic rings. The zero-order chi connectivity index (χ0) is 18.8. The number of anilines is 1. The van der Waals surface area contributed by atoms with Crippen LogP contribution in [0.4, 0.5) is 5.69 Å². The van der Waals surface area contributed by atoms with Crippen LogP contribution in [-0.2, 0) is 4.79 Å². The first kappa shape index (κ1) is 18.6. The second-order valence-electron chi connectivity index (χ2n) is 5.12. The highest BCUT2D eigenvalue weighted by molar-refractivity contribution is 6.09. The fourth-order valence-electron chi connectivity index (χ4n) is 2.16. The van der Waals surface area contributed by atoms with Crippen molar-refractivity contribution in [1.29, 1.82) is 5.26 Å². The third kappa shape index (κ3) is 5.15. The van der Waals surface area contributed by atoms with Crippen LogP contribution in [0.2, 0.25) is 0 Å². The van der Waals surface area contributed by atoms with E-state index in [0.29, 0.717) is 29.4 Å². The maximum Gasteiger partial charge on any atom is 0.266 e. The van der Waals surface area contributed by atoms with Crippen molar-refractivity contribution in [3.63, 3.8) is 0 Å². The Morgan fingerprint density at radius 2 is 1.96 bits per heavy atom. The van der Waals surface area contributed by atoms with Gasteiger partial charge in [0.15, 0.2) is 11.5 Å². The number of carbonyl (C=O) groups excluding carboxylic acids is 1. The van der Waals surface area contributed by atoms with Crippen LogP contribution in [0.15, 0.2) is 54.1 Å². The summed E-state index contributed by atoms with van der Waals surface area (Å²) in [5.74, 6) is 2.92. The van der Waals surface area contributed by atoms with Gasteiger partial charge in [0.05, 0.1) is 6.61 Å². The molecule has 0 heterocycles. The van der Waals surface area contributed by atoms with Crippen molar-refractivity contribution in [2.24, 2.45) is 0 Å². The Morgan fingerprint density at radius 3 is 2.62 bits per heavy atom. The number of hydrogen-bond donors (Lipinski definition) is 1. The third-order valence-corrected chi connectivity index (χ3v) is 3.29. The van der Waals surface area contributed by atoms with Crippen molar-refractivity contribution in [3.05, 3.63) is 59.7 Å². The van der Waals surface area contributed by atoms with Gasteiger partial charge in [-0.2, -0.15) is 5.26 Å². The minimum absolute atomic E-state index is 0.0198. The summed E-state index contributed by atoms with van der Waals surface area (Å²) < 4.78 is 11.0. The summed E-state index contributed by atoms with van der Waals surface area (Å²) >= 11 is 0. The third-order valence-electron chi connectivity index (χ3n) is 3.29. The van der Waals surface area contributed by atoms with Crippen LogP contribution in [0.3, 0.4) is 0 Å². The summed E-state index contributed by atoms with van der Waals surface area (Å²) in [6.07, 6.45) is 6.70. The van der Waals surface area contributed by atoms with E-state index in [-0.39, 0.29) is 12.2 Å². The second kappa shape index (κ2) is 9.56. The van der Waals surface area contributed by atoms with Crippen LogP contribution in [0, 0.1) is 23.7 Å². The molecule has 1 N–H and O–H groups in total. The molecule has 5 heteroatoms. The van der Waals surface area contributed by atoms with Crippen LogP contribution >= 0.6 is 0 Å². The largest absolute Gasteiger partial charge is 0.490 e. The topological polar surface area (TPSA) is 71.3 Å². The molecule has 0 atom stereocenters. The smallest absolute Gasteiger partial charge is 0.266 e. The Bertz CT molecular complexity index is 874. The number of nitriles is 1. The van der Waals surface area contributed by atoms with E-state index < -0.39 is 5.91 Å². The first-order valence-corrected chi connectivity index (χ1v) is 7.99. The van der Waals surface area contributed by atoms with E-state index in [1.165, 1.54) is 6.08 Å². The van der Waals surface area contributed by atoms with Gasteiger partial charge in [-0.1, -0.05) is 30.2 Å². The molecular formula is C21H18N2O3. The van der Waals surface area contributed by atoms with Crippen molar-refractivity contribution in [2.75, 3.05) is 18.5 Å². The Kier molecular flexibility index (Phi) is 6.85. The molecule has 0 fully saturated rings. The highest BCUT2D eigenvalue weighted by Crippen LogP contribution is 2.29. The van der Waals surface area contributed by atoms with Crippen molar-refractivity contribution >= 4 is 17.7 Å². The number of benzene rings is 2. The molecule has 2 rings (SSSR count). The lowest BCUT2D eigenvalue weighted by Gasteiger charge is -2.11. The van der Waals surface area contributed by atoms with Gasteiger partial charge >= 0.3 is 0 Å². The van der Waals surface area contributed by atoms with Crippen LogP contribution in [0.25, 0.3) is 6.08 Å². The highest BCUT2D eigenvalue weighted by Gasteiger charge is 2.11. The number of para-hydroxylation sites is 1. The first-order valence-electron chi connectivity index (χ1n) is 7.99. The summed E-state index contributed by atoms with van der Waals surface area (Å²) in [5.41, 5.74) is 1.24. The molecule has 0 saturated carbocycles. The fraction of sp³-hybridized carbons (Fsp3) is 0.143. The van der Waals surface area contributed by atoms with Gasteiger partial charge in [0.2, 0.25) is 0 Å². The fourth-order valence-corrected chi connectivity index (χ4v) is 2.16. The van der Waals surface area contributed by atoms with Gasteiger partial charge in [0, 0.05) is 5.69 Å². The molecule has 2 aromatic carbocycles. The highest BCUT2D eigenvalue weighted by atomic mass is 16.5. The van der Waals surface area contributed by atoms with Gasteiger partial charge in [0.1, 0.15) is 18.2 Å². The maximum absolute atomic E-state index is 12.3. The molecule has 0 aliphatic carbocycles. The lowest BCUT2D eigenvalue weighted by Crippen LogP contribution is -2.13. The van der Waals surface area contributed by atoms with E-state index >= 15 is 0 Å². The van der Waals surface area contributed by atoms with E-state index in [1.807, 2.05) is 19.1 Å². The van der Waals surface area contributed by atoms with Gasteiger partial charge in [0.25, 0.3) is 5.91 Å². The molecule has 0 radical (unpaired) electrons. The van der Waals surface area contributed by atoms with E-state index in [9.17, 15) is 10.1 Å². The van der Waals surface area contributed by atoms with E-state index in [4.69, 9.17) is 15.9 Å². The number of carbonyl (C=O) groups is 1. The van der Waals surface area contributed by atoms with Crippen LogP contribution in [-0.4, -0.2) is 19.1 Å². The Labute approximate surface area is 152 Å². The zero-order valence-electron chi connectivity index (χ0n) is 14.4. The molecule has 26 heavy (non-hydrogen) atoms. The second-order valence-corrected chi connectivity index (χ2v) is 5.12. The number of terminal acetylenes is 1. The molecule has 2 aromatic rings. The predicted molar refractivity (Wildman–Crippen MR) is 101 cm³/mol. The molecule has 0 aliphatic heterocycles. The molecule has 0 spiro atoms. The van der Waals surface area contributed by atoms with E-state index in [1.54, 1.807) is 42.5 Å². The Morgan fingerprint density at radius 1 is 1.19 bits per heavy atom. The number of rotatable bonds is 7. The molecular weight excluding hydrogens is 328 g/mol. The van der Waals surface area contributed by atoms with Gasteiger partial charge in [-0.3, -0.25) is 4.79 Å². The molecule has 0 aromatic heterocycles. The summed E-state index contributed by atoms with van der Waals surface area (Å²) in [6, 6.07) is 16.0. The van der Waals surface area contributed by atoms with Crippen LogP contribution < -0.4 is 14.8 Å². The number of nitrogens with zero attached hydrogens (tertiary/aromatic N) is 1. The Balaban J connectivity index is 2.24. The van der Waals surface area contributed by atoms with Crippen molar-refractivity contribution in [3.8, 4) is 29.9 Å². The average molecular weight is 346 g/mol. The van der Waals surface area contributed by atoms with E-state index in [2.05, 4.69) is 11.2 Å². The van der Waals surface area contributed by atoms with E-state index in [0.717, 1.165) is 0 Å². The van der Waals surface area contributed by atoms with Gasteiger partial charge in [-0.25, -0.2) is 0 Å². The van der Waals surface area contributed by atoms with Crippen LogP contribution in [0.1, 0.15) is 12.5 Å². The summed E-state index contributed by atoms with van der Waals surface area (Å²) in [5, 5.41) is 12.0. The van der Waals surface area contributed by atoms with Gasteiger partial charge in [-0.05, 0) is 42.8 Å². The quantitative estimate of drug-likeness (QED) is 0.472. The summed E-state index contributed by atoms with van der Waals surface area (Å²) in [4.78, 5) is 12.3. The Hall–Kier alpha value is -3.70. The number of nitrogens with one attached hydrogen (secondary N) is 1. The number of ether oxygens (including phenoxy) is 2.